The fraction of sp³-hybridized carbons (Fsp3) is 0.600. The standard InChI is InChI=1S/C20H26F2N2O3/c21-20(22)27-17-6-4-15(5-7-17)14-18(25)23-12-8-16(9-13-23)19(26)24-10-2-1-3-11-24/h4-7,16,20H,1-3,8-14H2. The van der Waals surface area contributed by atoms with Gasteiger partial charge in [0.2, 0.25) is 11.8 Å². The molecule has 0 radical (unpaired) electrons. The van der Waals surface area contributed by atoms with Crippen molar-refractivity contribution >= 4 is 11.8 Å². The molecule has 0 unspecified atom stereocenters. The zero-order chi connectivity index (χ0) is 19.2. The first-order valence-corrected chi connectivity index (χ1v) is 9.63. The molecule has 0 aromatic heterocycles. The number of hydrogen-bond acceptors (Lipinski definition) is 3. The molecule has 0 saturated carbocycles. The van der Waals surface area contributed by atoms with Gasteiger partial charge >= 0.3 is 6.61 Å². The Balaban J connectivity index is 1.46. The first kappa shape index (κ1) is 19.6. The Labute approximate surface area is 158 Å². The lowest BCUT2D eigenvalue weighted by Crippen LogP contribution is -2.46. The number of halogens is 2. The molecule has 3 rings (SSSR count). The summed E-state index contributed by atoms with van der Waals surface area (Å²) in [6, 6.07) is 6.14. The first-order chi connectivity index (χ1) is 13.0. The Bertz CT molecular complexity index is 637. The maximum atomic E-state index is 12.6. The van der Waals surface area contributed by atoms with Crippen LogP contribution >= 0.6 is 0 Å². The largest absolute Gasteiger partial charge is 0.435 e. The van der Waals surface area contributed by atoms with Gasteiger partial charge in [0.05, 0.1) is 6.42 Å². The van der Waals surface area contributed by atoms with E-state index in [1.54, 1.807) is 17.0 Å². The van der Waals surface area contributed by atoms with Gasteiger partial charge in [0, 0.05) is 32.1 Å². The van der Waals surface area contributed by atoms with Gasteiger partial charge in [-0.2, -0.15) is 8.78 Å². The number of carbonyl (C=O) groups is 2. The fourth-order valence-corrected chi connectivity index (χ4v) is 3.82. The Morgan fingerprint density at radius 2 is 1.59 bits per heavy atom. The van der Waals surface area contributed by atoms with Crippen LogP contribution < -0.4 is 4.74 Å². The third kappa shape index (κ3) is 5.40. The molecule has 0 N–H and O–H groups in total. The van der Waals surface area contributed by atoms with Gasteiger partial charge in [-0.3, -0.25) is 9.59 Å². The van der Waals surface area contributed by atoms with Gasteiger partial charge in [0.15, 0.2) is 0 Å². The molecular weight excluding hydrogens is 354 g/mol. The van der Waals surface area contributed by atoms with E-state index < -0.39 is 6.61 Å². The Morgan fingerprint density at radius 3 is 2.19 bits per heavy atom. The molecule has 7 heteroatoms. The number of ether oxygens (including phenoxy) is 1. The van der Waals surface area contributed by atoms with E-state index in [0.717, 1.165) is 31.5 Å². The van der Waals surface area contributed by atoms with Crippen LogP contribution in [0.5, 0.6) is 5.75 Å². The van der Waals surface area contributed by atoms with Crippen LogP contribution in [-0.2, 0) is 16.0 Å². The number of rotatable bonds is 5. The second-order valence-corrected chi connectivity index (χ2v) is 7.24. The number of likely N-dealkylation sites (tertiary alicyclic amines) is 2. The fourth-order valence-electron chi connectivity index (χ4n) is 3.82. The quantitative estimate of drug-likeness (QED) is 0.789. The number of piperidine rings is 2. The summed E-state index contributed by atoms with van der Waals surface area (Å²) in [6.45, 7) is 0.0593. The molecule has 2 amide bonds. The monoisotopic (exact) mass is 380 g/mol. The van der Waals surface area contributed by atoms with E-state index in [4.69, 9.17) is 0 Å². The zero-order valence-corrected chi connectivity index (χ0v) is 15.4. The summed E-state index contributed by atoms with van der Waals surface area (Å²) in [5.74, 6) is 0.356. The van der Waals surface area contributed by atoms with Crippen LogP contribution in [0.4, 0.5) is 8.78 Å². The maximum Gasteiger partial charge on any atom is 0.387 e. The summed E-state index contributed by atoms with van der Waals surface area (Å²) in [4.78, 5) is 28.8. The molecule has 0 bridgehead atoms. The summed E-state index contributed by atoms with van der Waals surface area (Å²) in [5.41, 5.74) is 0.758. The number of alkyl halides is 2. The van der Waals surface area contributed by atoms with Gasteiger partial charge in [-0.25, -0.2) is 0 Å². The zero-order valence-electron chi connectivity index (χ0n) is 15.4. The average Bonchev–Trinajstić information content (AvgIpc) is 2.69. The van der Waals surface area contributed by atoms with Crippen molar-refractivity contribution in [3.05, 3.63) is 29.8 Å². The highest BCUT2D eigenvalue weighted by Crippen LogP contribution is 2.23. The number of benzene rings is 1. The Kier molecular flexibility index (Phi) is 6.63. The van der Waals surface area contributed by atoms with Crippen LogP contribution in [0.3, 0.4) is 0 Å². The van der Waals surface area contributed by atoms with Crippen molar-refractivity contribution < 1.29 is 23.1 Å². The van der Waals surface area contributed by atoms with Crippen molar-refractivity contribution in [1.82, 2.24) is 9.80 Å². The highest BCUT2D eigenvalue weighted by molar-refractivity contribution is 5.81. The third-order valence-electron chi connectivity index (χ3n) is 5.37. The molecule has 5 nitrogen and oxygen atoms in total. The maximum absolute atomic E-state index is 12.6. The van der Waals surface area contributed by atoms with Crippen molar-refractivity contribution in [3.63, 3.8) is 0 Å². The molecule has 0 spiro atoms. The van der Waals surface area contributed by atoms with E-state index in [0.29, 0.717) is 25.9 Å². The number of nitrogens with zero attached hydrogens (tertiary/aromatic N) is 2. The van der Waals surface area contributed by atoms with Crippen LogP contribution in [0.1, 0.15) is 37.7 Å². The smallest absolute Gasteiger partial charge is 0.387 e. The van der Waals surface area contributed by atoms with Crippen molar-refractivity contribution in [2.75, 3.05) is 26.2 Å². The van der Waals surface area contributed by atoms with E-state index in [2.05, 4.69) is 4.74 Å². The molecule has 2 saturated heterocycles. The summed E-state index contributed by atoms with van der Waals surface area (Å²) in [7, 11) is 0. The van der Waals surface area contributed by atoms with E-state index in [9.17, 15) is 18.4 Å². The highest BCUT2D eigenvalue weighted by atomic mass is 19.3. The second kappa shape index (κ2) is 9.15. The van der Waals surface area contributed by atoms with Crippen molar-refractivity contribution in [1.29, 1.82) is 0 Å². The molecule has 2 aliphatic rings. The van der Waals surface area contributed by atoms with Gasteiger partial charge in [-0.05, 0) is 49.8 Å². The Hall–Kier alpha value is -2.18. The lowest BCUT2D eigenvalue weighted by atomic mass is 9.94. The summed E-state index contributed by atoms with van der Waals surface area (Å²) in [6.07, 6.45) is 5.02. The molecular formula is C20H26F2N2O3. The number of amides is 2. The molecule has 2 fully saturated rings. The molecule has 0 aliphatic carbocycles. The van der Waals surface area contributed by atoms with Crippen LogP contribution in [-0.4, -0.2) is 54.4 Å². The summed E-state index contributed by atoms with van der Waals surface area (Å²) >= 11 is 0. The first-order valence-electron chi connectivity index (χ1n) is 9.63. The van der Waals surface area contributed by atoms with Crippen molar-refractivity contribution in [2.45, 2.75) is 45.1 Å². The molecule has 27 heavy (non-hydrogen) atoms. The van der Waals surface area contributed by atoms with E-state index in [1.165, 1.54) is 18.6 Å². The third-order valence-corrected chi connectivity index (χ3v) is 5.37. The molecule has 2 aliphatic heterocycles. The van der Waals surface area contributed by atoms with E-state index in [-0.39, 0.29) is 29.9 Å². The Morgan fingerprint density at radius 1 is 0.963 bits per heavy atom. The second-order valence-electron chi connectivity index (χ2n) is 7.24. The minimum atomic E-state index is -2.86. The van der Waals surface area contributed by atoms with Gasteiger partial charge in [0.25, 0.3) is 0 Å². The predicted molar refractivity (Wildman–Crippen MR) is 96.5 cm³/mol. The lowest BCUT2D eigenvalue weighted by Gasteiger charge is -2.35. The normalized spacial score (nSPS) is 18.6. The molecule has 2 heterocycles. The van der Waals surface area contributed by atoms with Crippen LogP contribution in [0.25, 0.3) is 0 Å². The lowest BCUT2D eigenvalue weighted by molar-refractivity contribution is -0.141. The van der Waals surface area contributed by atoms with Crippen LogP contribution in [0, 0.1) is 5.92 Å². The summed E-state index contributed by atoms with van der Waals surface area (Å²) in [5, 5.41) is 0. The van der Waals surface area contributed by atoms with Gasteiger partial charge < -0.3 is 14.5 Å². The molecule has 1 aromatic carbocycles. The average molecular weight is 380 g/mol. The van der Waals surface area contributed by atoms with Crippen molar-refractivity contribution in [2.24, 2.45) is 5.92 Å². The minimum absolute atomic E-state index is 0.00130. The van der Waals surface area contributed by atoms with Crippen LogP contribution in [0.2, 0.25) is 0 Å². The van der Waals surface area contributed by atoms with Crippen LogP contribution in [0.15, 0.2) is 24.3 Å². The minimum Gasteiger partial charge on any atom is -0.435 e. The number of hydrogen-bond donors (Lipinski definition) is 0. The SMILES string of the molecule is O=C(Cc1ccc(OC(F)F)cc1)N1CCC(C(=O)N2CCCCC2)CC1. The topological polar surface area (TPSA) is 49.9 Å². The van der Waals surface area contributed by atoms with E-state index in [1.807, 2.05) is 4.90 Å². The molecule has 1 aromatic rings. The van der Waals surface area contributed by atoms with Gasteiger partial charge in [-0.1, -0.05) is 12.1 Å². The van der Waals surface area contributed by atoms with E-state index >= 15 is 0 Å². The van der Waals surface area contributed by atoms with Gasteiger partial charge in [-0.15, -0.1) is 0 Å². The molecule has 0 atom stereocenters. The summed E-state index contributed by atoms with van der Waals surface area (Å²) < 4.78 is 28.7. The highest BCUT2D eigenvalue weighted by Gasteiger charge is 2.30. The van der Waals surface area contributed by atoms with Gasteiger partial charge in [0.1, 0.15) is 5.75 Å². The predicted octanol–water partition coefficient (Wildman–Crippen LogP) is 3.08. The van der Waals surface area contributed by atoms with Crippen molar-refractivity contribution in [3.8, 4) is 5.75 Å². The number of carbonyl (C=O) groups excluding carboxylic acids is 2. The molecule has 148 valence electrons.